The number of likely N-dealkylation sites (N-methyl/N-ethyl adjacent to an activating group) is 2. The lowest BCUT2D eigenvalue weighted by atomic mass is 10.0. The van der Waals surface area contributed by atoms with E-state index >= 15 is 0 Å². The van der Waals surface area contributed by atoms with Gasteiger partial charge < -0.3 is 36.2 Å². The first-order valence-corrected chi connectivity index (χ1v) is 15.1. The second-order valence-corrected chi connectivity index (χ2v) is 10.9. The van der Waals surface area contributed by atoms with Crippen molar-refractivity contribution in [1.82, 2.24) is 20.9 Å². The average Bonchev–Trinajstić information content (AvgIpc) is 3.07. The summed E-state index contributed by atoms with van der Waals surface area (Å²) in [5, 5.41) is 27.4. The van der Waals surface area contributed by atoms with Crippen LogP contribution in [0.15, 0.2) is 89.9 Å². The number of ether oxygens (including phenoxy) is 1. The van der Waals surface area contributed by atoms with Crippen molar-refractivity contribution in [3.05, 3.63) is 102 Å². The number of nitrogens with one attached hydrogen (secondary N) is 3. The maximum atomic E-state index is 13.2. The Labute approximate surface area is 273 Å². The number of carboxylic acids is 1. The van der Waals surface area contributed by atoms with E-state index in [0.29, 0.717) is 18.4 Å². The molecule has 0 bridgehead atoms. The van der Waals surface area contributed by atoms with Crippen LogP contribution in [0.4, 0.5) is 4.79 Å². The largest absolute Gasteiger partial charge is 0.508 e. The van der Waals surface area contributed by atoms with Crippen LogP contribution in [0, 0.1) is 0 Å². The van der Waals surface area contributed by atoms with Crippen LogP contribution in [0.5, 0.6) is 5.75 Å². The summed E-state index contributed by atoms with van der Waals surface area (Å²) in [4.78, 5) is 56.3. The minimum Gasteiger partial charge on any atom is -0.508 e. The van der Waals surface area contributed by atoms with Crippen molar-refractivity contribution in [2.45, 2.75) is 50.4 Å². The van der Waals surface area contributed by atoms with E-state index in [1.807, 2.05) is 48.5 Å². The first-order valence-electron chi connectivity index (χ1n) is 15.1. The summed E-state index contributed by atoms with van der Waals surface area (Å²) in [6, 6.07) is 21.6. The number of phenols is 1. The first-order chi connectivity index (χ1) is 22.6. The lowest BCUT2D eigenvalue weighted by Gasteiger charge is -2.28. The second kappa shape index (κ2) is 18.5. The zero-order chi connectivity index (χ0) is 34.2. The SMILES string of the molecule is CN[C@@H](CCCN=C(N)NC(=O)[C@H](Cc1ccc(O)cc1)NC(=O)OCc1ccccc1)C(=O)N(C)[C@@H](Cc1ccccc1)C(=O)O. The third-order valence-corrected chi connectivity index (χ3v) is 7.40. The molecule has 3 aromatic carbocycles. The van der Waals surface area contributed by atoms with Crippen LogP contribution in [0.1, 0.15) is 29.5 Å². The molecule has 0 spiro atoms. The van der Waals surface area contributed by atoms with Gasteiger partial charge in [0, 0.05) is 26.4 Å². The number of alkyl carbamates (subject to hydrolysis) is 1. The number of nitrogens with two attached hydrogens (primary N) is 1. The molecule has 0 aromatic heterocycles. The van der Waals surface area contributed by atoms with E-state index in [1.54, 1.807) is 31.3 Å². The van der Waals surface area contributed by atoms with Crippen LogP contribution < -0.4 is 21.7 Å². The Morgan fingerprint density at radius 2 is 1.47 bits per heavy atom. The molecule has 13 heteroatoms. The molecule has 0 aliphatic rings. The van der Waals surface area contributed by atoms with E-state index in [9.17, 15) is 29.4 Å². The predicted molar refractivity (Wildman–Crippen MR) is 176 cm³/mol. The Kier molecular flexibility index (Phi) is 14.2. The number of rotatable bonds is 16. The number of hydrogen-bond donors (Lipinski definition) is 6. The summed E-state index contributed by atoms with van der Waals surface area (Å²) in [5.74, 6) is -2.22. The average molecular weight is 647 g/mol. The number of aliphatic imine (C=N–C) groups is 1. The number of carbonyl (C=O) groups excluding carboxylic acids is 3. The number of carboxylic acid groups (broad SMARTS) is 1. The fraction of sp³-hybridized carbons (Fsp3) is 0.324. The van der Waals surface area contributed by atoms with E-state index in [1.165, 1.54) is 24.1 Å². The molecule has 13 nitrogen and oxygen atoms in total. The van der Waals surface area contributed by atoms with Gasteiger partial charge in [0.25, 0.3) is 0 Å². The molecule has 0 fully saturated rings. The summed E-state index contributed by atoms with van der Waals surface area (Å²) in [5.41, 5.74) is 8.23. The van der Waals surface area contributed by atoms with E-state index in [-0.39, 0.29) is 43.6 Å². The normalized spacial score (nSPS) is 13.1. The standard InChI is InChI=1S/C34H42N6O7/c1-36-27(31(43)40(2)29(32(44)45)21-23-10-5-3-6-11-23)14-9-19-37-33(35)39-30(42)28(20-24-15-17-26(41)18-16-24)38-34(46)47-22-25-12-7-4-8-13-25/h3-8,10-13,15-18,27-29,36,41H,9,14,19-22H2,1-2H3,(H,38,46)(H,44,45)(H3,35,37,39,42)/t27-,28-,29-/m0/s1. The van der Waals surface area contributed by atoms with E-state index < -0.39 is 36.1 Å². The molecule has 0 aliphatic carbocycles. The molecule has 3 rings (SSSR count). The van der Waals surface area contributed by atoms with Gasteiger partial charge in [-0.2, -0.15) is 0 Å². The Morgan fingerprint density at radius 3 is 2.06 bits per heavy atom. The zero-order valence-corrected chi connectivity index (χ0v) is 26.5. The van der Waals surface area contributed by atoms with Gasteiger partial charge in [-0.05, 0) is 48.7 Å². The lowest BCUT2D eigenvalue weighted by molar-refractivity contribution is -0.149. The monoisotopic (exact) mass is 646 g/mol. The smallest absolute Gasteiger partial charge is 0.408 e. The van der Waals surface area contributed by atoms with Crippen LogP contribution in [0.25, 0.3) is 0 Å². The molecule has 3 atom stereocenters. The number of benzene rings is 3. The minimum absolute atomic E-state index is 0.0136. The first kappa shape index (κ1) is 36.0. The molecule has 0 saturated heterocycles. The highest BCUT2D eigenvalue weighted by molar-refractivity contribution is 5.99. The van der Waals surface area contributed by atoms with Gasteiger partial charge >= 0.3 is 12.1 Å². The number of amides is 3. The molecular formula is C34H42N6O7. The third kappa shape index (κ3) is 12.1. The highest BCUT2D eigenvalue weighted by atomic mass is 16.5. The number of phenolic OH excluding ortho intramolecular Hbond substituents is 1. The molecule has 250 valence electrons. The van der Waals surface area contributed by atoms with Crippen molar-refractivity contribution in [2.75, 3.05) is 20.6 Å². The van der Waals surface area contributed by atoms with Crippen molar-refractivity contribution in [2.24, 2.45) is 10.7 Å². The molecule has 3 aromatic rings. The molecule has 47 heavy (non-hydrogen) atoms. The Hall–Kier alpha value is -5.43. The molecule has 0 unspecified atom stereocenters. The highest BCUT2D eigenvalue weighted by Crippen LogP contribution is 2.13. The van der Waals surface area contributed by atoms with E-state index in [4.69, 9.17) is 10.5 Å². The number of carbonyl (C=O) groups is 4. The summed E-state index contributed by atoms with van der Waals surface area (Å²) in [7, 11) is 3.09. The molecule has 7 N–H and O–H groups in total. The van der Waals surface area contributed by atoms with E-state index in [0.717, 1.165) is 11.1 Å². The molecule has 0 radical (unpaired) electrons. The maximum Gasteiger partial charge on any atom is 0.408 e. The van der Waals surface area contributed by atoms with Gasteiger partial charge in [0.1, 0.15) is 24.4 Å². The fourth-order valence-corrected chi connectivity index (χ4v) is 4.75. The molecular weight excluding hydrogens is 604 g/mol. The number of aromatic hydroxyl groups is 1. The van der Waals surface area contributed by atoms with Crippen LogP contribution in [0.2, 0.25) is 0 Å². The van der Waals surface area contributed by atoms with Gasteiger partial charge in [0.05, 0.1) is 6.04 Å². The molecule has 0 heterocycles. The van der Waals surface area contributed by atoms with E-state index in [2.05, 4.69) is 20.9 Å². The number of nitrogens with zero attached hydrogens (tertiary/aromatic N) is 2. The number of hydrogen-bond acceptors (Lipinski definition) is 8. The maximum absolute atomic E-state index is 13.2. The summed E-state index contributed by atoms with van der Waals surface area (Å²) >= 11 is 0. The van der Waals surface area contributed by atoms with Gasteiger partial charge in [0.15, 0.2) is 5.96 Å². The topological polar surface area (TPSA) is 196 Å². The van der Waals surface area contributed by atoms with Crippen molar-refractivity contribution in [3.8, 4) is 5.75 Å². The summed E-state index contributed by atoms with van der Waals surface area (Å²) in [6.07, 6.45) is 0.188. The number of aliphatic carboxylic acids is 1. The van der Waals surface area contributed by atoms with Crippen molar-refractivity contribution < 1.29 is 34.1 Å². The van der Waals surface area contributed by atoms with Crippen molar-refractivity contribution >= 4 is 29.8 Å². The quantitative estimate of drug-likeness (QED) is 0.0768. The Bertz CT molecular complexity index is 1490. The van der Waals surface area contributed by atoms with Crippen LogP contribution in [-0.2, 0) is 38.6 Å². The Balaban J connectivity index is 1.55. The fourth-order valence-electron chi connectivity index (χ4n) is 4.75. The summed E-state index contributed by atoms with van der Waals surface area (Å²) in [6.45, 7) is 0.183. The molecule has 0 saturated carbocycles. The Morgan fingerprint density at radius 1 is 0.872 bits per heavy atom. The van der Waals surface area contributed by atoms with Crippen LogP contribution in [0.3, 0.4) is 0 Å². The number of guanidine groups is 1. The predicted octanol–water partition coefficient (Wildman–Crippen LogP) is 2.18. The van der Waals surface area contributed by atoms with Gasteiger partial charge in [-0.25, -0.2) is 9.59 Å². The summed E-state index contributed by atoms with van der Waals surface area (Å²) < 4.78 is 5.28. The van der Waals surface area contributed by atoms with Gasteiger partial charge in [-0.15, -0.1) is 0 Å². The third-order valence-electron chi connectivity index (χ3n) is 7.40. The highest BCUT2D eigenvalue weighted by Gasteiger charge is 2.30. The van der Waals surface area contributed by atoms with Crippen LogP contribution in [-0.4, -0.2) is 83.7 Å². The van der Waals surface area contributed by atoms with Gasteiger partial charge in [-0.1, -0.05) is 72.8 Å². The van der Waals surface area contributed by atoms with Gasteiger partial charge in [-0.3, -0.25) is 19.9 Å². The second-order valence-electron chi connectivity index (χ2n) is 10.9. The minimum atomic E-state index is -1.10. The molecule has 3 amide bonds. The van der Waals surface area contributed by atoms with Gasteiger partial charge in [0.2, 0.25) is 11.8 Å². The van der Waals surface area contributed by atoms with Crippen LogP contribution >= 0.6 is 0 Å². The zero-order valence-electron chi connectivity index (χ0n) is 26.5. The molecule has 0 aliphatic heterocycles. The lowest BCUT2D eigenvalue weighted by Crippen LogP contribution is -2.51. The van der Waals surface area contributed by atoms with Crippen molar-refractivity contribution in [1.29, 1.82) is 0 Å². The van der Waals surface area contributed by atoms with Crippen molar-refractivity contribution in [3.63, 3.8) is 0 Å².